The normalized spacial score (nSPS) is 17.2. The van der Waals surface area contributed by atoms with Crippen LogP contribution in [0.3, 0.4) is 0 Å². The number of carbonyl (C=O) groups excluding carboxylic acids is 1. The highest BCUT2D eigenvalue weighted by Gasteiger charge is 2.31. The summed E-state index contributed by atoms with van der Waals surface area (Å²) in [4.78, 5) is 12.1. The summed E-state index contributed by atoms with van der Waals surface area (Å²) in [6, 6.07) is 5.19. The monoisotopic (exact) mass is 327 g/mol. The highest BCUT2D eigenvalue weighted by Crippen LogP contribution is 2.29. The highest BCUT2D eigenvalue weighted by atomic mass is 79.9. The van der Waals surface area contributed by atoms with Crippen LogP contribution in [0.15, 0.2) is 22.7 Å². The van der Waals surface area contributed by atoms with E-state index in [4.69, 9.17) is 4.74 Å². The van der Waals surface area contributed by atoms with Crippen LogP contribution >= 0.6 is 15.9 Å². The quantitative estimate of drug-likeness (QED) is 0.893. The van der Waals surface area contributed by atoms with E-state index in [0.29, 0.717) is 22.3 Å². The Labute approximate surface area is 121 Å². The number of halogens is 1. The minimum Gasteiger partial charge on any atom is -0.497 e. The molecular formula is C14H18BrNO3. The second kappa shape index (κ2) is 5.92. The van der Waals surface area contributed by atoms with Gasteiger partial charge in [-0.05, 0) is 47.0 Å². The highest BCUT2D eigenvalue weighted by molar-refractivity contribution is 9.10. The minimum absolute atomic E-state index is 0.185. The minimum atomic E-state index is -0.728. The summed E-state index contributed by atoms with van der Waals surface area (Å²) in [6.45, 7) is 0.310. The van der Waals surface area contributed by atoms with Gasteiger partial charge in [-0.25, -0.2) is 0 Å². The Morgan fingerprint density at radius 2 is 2.16 bits per heavy atom. The first-order chi connectivity index (χ1) is 9.04. The fourth-order valence-corrected chi connectivity index (χ4v) is 2.89. The number of amides is 1. The van der Waals surface area contributed by atoms with Crippen molar-refractivity contribution in [1.29, 1.82) is 0 Å². The summed E-state index contributed by atoms with van der Waals surface area (Å²) >= 11 is 3.35. The molecule has 19 heavy (non-hydrogen) atoms. The molecule has 0 spiro atoms. The van der Waals surface area contributed by atoms with Gasteiger partial charge >= 0.3 is 0 Å². The zero-order valence-corrected chi connectivity index (χ0v) is 12.5. The number of nitrogens with one attached hydrogen (secondary N) is 1. The van der Waals surface area contributed by atoms with E-state index in [1.165, 1.54) is 0 Å². The fourth-order valence-electron chi connectivity index (χ4n) is 2.36. The van der Waals surface area contributed by atoms with Crippen LogP contribution in [0.25, 0.3) is 0 Å². The Balaban J connectivity index is 2.00. The van der Waals surface area contributed by atoms with E-state index < -0.39 is 5.60 Å². The SMILES string of the molecule is COc1ccc(C(=O)NCC2(O)CCCC2)c(Br)c1. The third-order valence-corrected chi connectivity index (χ3v) is 4.19. The van der Waals surface area contributed by atoms with Gasteiger partial charge in [0.05, 0.1) is 18.3 Å². The smallest absolute Gasteiger partial charge is 0.252 e. The molecule has 5 heteroatoms. The van der Waals surface area contributed by atoms with E-state index in [1.807, 2.05) is 0 Å². The Morgan fingerprint density at radius 1 is 1.47 bits per heavy atom. The summed E-state index contributed by atoms with van der Waals surface area (Å²) in [6.07, 6.45) is 3.57. The third kappa shape index (κ3) is 3.48. The maximum absolute atomic E-state index is 12.1. The zero-order chi connectivity index (χ0) is 13.9. The molecule has 0 saturated heterocycles. The van der Waals surface area contributed by atoms with E-state index >= 15 is 0 Å². The molecule has 0 bridgehead atoms. The molecule has 1 amide bonds. The largest absolute Gasteiger partial charge is 0.497 e. The molecule has 0 atom stereocenters. The van der Waals surface area contributed by atoms with Gasteiger partial charge in [0.2, 0.25) is 0 Å². The summed E-state index contributed by atoms with van der Waals surface area (Å²) in [7, 11) is 1.58. The van der Waals surface area contributed by atoms with Gasteiger partial charge in [-0.3, -0.25) is 4.79 Å². The molecule has 1 saturated carbocycles. The Hall–Kier alpha value is -1.07. The molecule has 0 aromatic heterocycles. The number of aliphatic hydroxyl groups is 1. The lowest BCUT2D eigenvalue weighted by Gasteiger charge is -2.22. The first-order valence-electron chi connectivity index (χ1n) is 6.38. The van der Waals surface area contributed by atoms with E-state index in [-0.39, 0.29) is 5.91 Å². The molecule has 0 aliphatic heterocycles. The zero-order valence-electron chi connectivity index (χ0n) is 10.9. The first kappa shape index (κ1) is 14.3. The number of carbonyl (C=O) groups is 1. The van der Waals surface area contributed by atoms with E-state index in [9.17, 15) is 9.90 Å². The van der Waals surface area contributed by atoms with E-state index in [0.717, 1.165) is 25.7 Å². The van der Waals surface area contributed by atoms with Crippen LogP contribution in [-0.2, 0) is 0 Å². The molecule has 1 fully saturated rings. The molecule has 0 heterocycles. The van der Waals surface area contributed by atoms with Crippen molar-refractivity contribution in [3.8, 4) is 5.75 Å². The van der Waals surface area contributed by atoms with Crippen LogP contribution in [0.4, 0.5) is 0 Å². The molecule has 0 radical (unpaired) electrons. The molecule has 2 N–H and O–H groups in total. The molecule has 0 unspecified atom stereocenters. The van der Waals surface area contributed by atoms with E-state index in [1.54, 1.807) is 25.3 Å². The standard InChI is InChI=1S/C14H18BrNO3/c1-19-10-4-5-11(12(15)8-10)13(17)16-9-14(18)6-2-3-7-14/h4-5,8,18H,2-3,6-7,9H2,1H3,(H,16,17). The van der Waals surface area contributed by atoms with Gasteiger partial charge in [0.25, 0.3) is 5.91 Å². The molecular weight excluding hydrogens is 310 g/mol. The van der Waals surface area contributed by atoms with Gasteiger partial charge in [0, 0.05) is 11.0 Å². The van der Waals surface area contributed by atoms with Crippen molar-refractivity contribution in [1.82, 2.24) is 5.32 Å². The van der Waals surface area contributed by atoms with Crippen molar-refractivity contribution in [3.05, 3.63) is 28.2 Å². The maximum Gasteiger partial charge on any atom is 0.252 e. The molecule has 1 aromatic rings. The van der Waals surface area contributed by atoms with Gasteiger partial charge in [-0.1, -0.05) is 12.8 Å². The summed E-state index contributed by atoms with van der Waals surface area (Å²) in [5, 5.41) is 13.0. The fraction of sp³-hybridized carbons (Fsp3) is 0.500. The van der Waals surface area contributed by atoms with Crippen LogP contribution < -0.4 is 10.1 Å². The summed E-state index contributed by atoms with van der Waals surface area (Å²) < 4.78 is 5.77. The van der Waals surface area contributed by atoms with Crippen LogP contribution in [0.5, 0.6) is 5.75 Å². The number of ether oxygens (including phenoxy) is 1. The van der Waals surface area contributed by atoms with Crippen molar-refractivity contribution in [2.24, 2.45) is 0 Å². The number of hydrogen-bond donors (Lipinski definition) is 2. The maximum atomic E-state index is 12.1. The number of benzene rings is 1. The molecule has 1 aliphatic rings. The van der Waals surface area contributed by atoms with Crippen molar-refractivity contribution in [2.45, 2.75) is 31.3 Å². The van der Waals surface area contributed by atoms with Crippen LogP contribution in [0.1, 0.15) is 36.0 Å². The number of rotatable bonds is 4. The molecule has 4 nitrogen and oxygen atoms in total. The van der Waals surface area contributed by atoms with Crippen molar-refractivity contribution < 1.29 is 14.6 Å². The Morgan fingerprint density at radius 3 is 2.74 bits per heavy atom. The molecule has 2 rings (SSSR count). The molecule has 1 aromatic carbocycles. The topological polar surface area (TPSA) is 58.6 Å². The van der Waals surface area contributed by atoms with Crippen molar-refractivity contribution in [2.75, 3.05) is 13.7 Å². The average Bonchev–Trinajstić information content (AvgIpc) is 2.83. The first-order valence-corrected chi connectivity index (χ1v) is 7.17. The van der Waals surface area contributed by atoms with Gasteiger partial charge in [0.15, 0.2) is 0 Å². The van der Waals surface area contributed by atoms with Gasteiger partial charge < -0.3 is 15.2 Å². The Kier molecular flexibility index (Phi) is 4.47. The second-order valence-corrected chi connectivity index (χ2v) is 5.81. The lowest BCUT2D eigenvalue weighted by Crippen LogP contribution is -2.40. The number of methoxy groups -OCH3 is 1. The van der Waals surface area contributed by atoms with Crippen molar-refractivity contribution in [3.63, 3.8) is 0 Å². The van der Waals surface area contributed by atoms with Crippen molar-refractivity contribution >= 4 is 21.8 Å². The van der Waals surface area contributed by atoms with Crippen LogP contribution in [-0.4, -0.2) is 30.3 Å². The lowest BCUT2D eigenvalue weighted by atomic mass is 10.0. The lowest BCUT2D eigenvalue weighted by molar-refractivity contribution is 0.0449. The Bertz CT molecular complexity index is 470. The van der Waals surface area contributed by atoms with E-state index in [2.05, 4.69) is 21.2 Å². The van der Waals surface area contributed by atoms with Gasteiger partial charge in [-0.15, -0.1) is 0 Å². The third-order valence-electron chi connectivity index (χ3n) is 3.53. The van der Waals surface area contributed by atoms with Crippen LogP contribution in [0, 0.1) is 0 Å². The molecule has 1 aliphatic carbocycles. The summed E-state index contributed by atoms with van der Waals surface area (Å²) in [5.74, 6) is 0.507. The number of hydrogen-bond acceptors (Lipinski definition) is 3. The van der Waals surface area contributed by atoms with Crippen LogP contribution in [0.2, 0.25) is 0 Å². The van der Waals surface area contributed by atoms with Gasteiger partial charge in [0.1, 0.15) is 5.75 Å². The predicted molar refractivity (Wildman–Crippen MR) is 76.4 cm³/mol. The average molecular weight is 328 g/mol. The second-order valence-electron chi connectivity index (χ2n) is 4.96. The van der Waals surface area contributed by atoms with Gasteiger partial charge in [-0.2, -0.15) is 0 Å². The molecule has 104 valence electrons. The summed E-state index contributed by atoms with van der Waals surface area (Å²) in [5.41, 5.74) is -0.184. The predicted octanol–water partition coefficient (Wildman–Crippen LogP) is 2.49.